The third-order valence-corrected chi connectivity index (χ3v) is 3.26. The minimum absolute atomic E-state index is 0.0830. The lowest BCUT2D eigenvalue weighted by Gasteiger charge is -2.14. The molecule has 0 radical (unpaired) electrons. The van der Waals surface area contributed by atoms with Crippen molar-refractivity contribution in [3.8, 4) is 0 Å². The number of nitrogens with zero attached hydrogens (tertiary/aromatic N) is 1. The third-order valence-electron chi connectivity index (χ3n) is 3.26. The predicted molar refractivity (Wildman–Crippen MR) is 84.2 cm³/mol. The zero-order valence-corrected chi connectivity index (χ0v) is 12.5. The van der Waals surface area contributed by atoms with Crippen molar-refractivity contribution < 1.29 is 9.59 Å². The number of amides is 2. The number of benzene rings is 1. The molecular formula is C17H19N3O2. The number of nitrogens with one attached hydrogen (secondary N) is 2. The lowest BCUT2D eigenvalue weighted by Crippen LogP contribution is -2.32. The van der Waals surface area contributed by atoms with Gasteiger partial charge in [-0.15, -0.1) is 0 Å². The maximum atomic E-state index is 11.9. The lowest BCUT2D eigenvalue weighted by molar-refractivity contribution is -0.121. The van der Waals surface area contributed by atoms with Crippen molar-refractivity contribution >= 4 is 11.8 Å². The molecule has 0 aliphatic rings. The summed E-state index contributed by atoms with van der Waals surface area (Å²) >= 11 is 0. The Kier molecular flexibility index (Phi) is 5.65. The number of hydrogen-bond acceptors (Lipinski definition) is 3. The van der Waals surface area contributed by atoms with E-state index in [1.165, 1.54) is 0 Å². The molecule has 114 valence electrons. The van der Waals surface area contributed by atoms with Gasteiger partial charge >= 0.3 is 0 Å². The summed E-state index contributed by atoms with van der Waals surface area (Å²) in [5.41, 5.74) is 1.59. The minimum Gasteiger partial charge on any atom is -0.352 e. The molecule has 5 heteroatoms. The van der Waals surface area contributed by atoms with Gasteiger partial charge in [-0.1, -0.05) is 18.2 Å². The van der Waals surface area contributed by atoms with Gasteiger partial charge in [0.2, 0.25) is 5.91 Å². The second-order valence-corrected chi connectivity index (χ2v) is 4.94. The van der Waals surface area contributed by atoms with Gasteiger partial charge in [-0.05, 0) is 36.8 Å². The fourth-order valence-electron chi connectivity index (χ4n) is 2.03. The largest absolute Gasteiger partial charge is 0.352 e. The number of pyridine rings is 1. The smallest absolute Gasteiger partial charge is 0.251 e. The minimum atomic E-state index is -0.171. The number of rotatable bonds is 6. The standard InChI is InChI=1S/C17H19N3O2/c1-13(14-7-10-18-11-8-14)20-16(21)9-12-19-17(22)15-5-3-2-4-6-15/h2-8,10-11,13H,9,12H2,1H3,(H,19,22)(H,20,21)/t13-/m0/s1. The van der Waals surface area contributed by atoms with Crippen LogP contribution < -0.4 is 10.6 Å². The molecule has 0 saturated heterocycles. The van der Waals surface area contributed by atoms with Crippen LogP contribution in [0.3, 0.4) is 0 Å². The van der Waals surface area contributed by atoms with E-state index >= 15 is 0 Å². The normalized spacial score (nSPS) is 11.5. The number of aromatic nitrogens is 1. The van der Waals surface area contributed by atoms with E-state index in [9.17, 15) is 9.59 Å². The van der Waals surface area contributed by atoms with E-state index in [0.29, 0.717) is 12.1 Å². The summed E-state index contributed by atoms with van der Waals surface area (Å²) in [6.45, 7) is 2.22. The molecule has 0 fully saturated rings. The van der Waals surface area contributed by atoms with E-state index in [1.807, 2.05) is 25.1 Å². The Balaban J connectivity index is 1.73. The van der Waals surface area contributed by atoms with Crippen molar-refractivity contribution in [1.29, 1.82) is 0 Å². The van der Waals surface area contributed by atoms with Gasteiger partial charge in [0, 0.05) is 30.9 Å². The van der Waals surface area contributed by atoms with Crippen LogP contribution in [-0.4, -0.2) is 23.3 Å². The van der Waals surface area contributed by atoms with Crippen molar-refractivity contribution in [1.82, 2.24) is 15.6 Å². The second-order valence-electron chi connectivity index (χ2n) is 4.94. The summed E-state index contributed by atoms with van der Waals surface area (Å²) in [6.07, 6.45) is 3.63. The van der Waals surface area contributed by atoms with Crippen molar-refractivity contribution in [2.45, 2.75) is 19.4 Å². The molecule has 1 aromatic carbocycles. The van der Waals surface area contributed by atoms with Crippen LogP contribution in [0, 0.1) is 0 Å². The van der Waals surface area contributed by atoms with Gasteiger partial charge in [0.05, 0.1) is 6.04 Å². The van der Waals surface area contributed by atoms with Crippen molar-refractivity contribution in [2.75, 3.05) is 6.54 Å². The summed E-state index contributed by atoms with van der Waals surface area (Å²) < 4.78 is 0. The molecule has 0 spiro atoms. The molecule has 2 aromatic rings. The lowest BCUT2D eigenvalue weighted by atomic mass is 10.1. The average Bonchev–Trinajstić information content (AvgIpc) is 2.56. The Morgan fingerprint density at radius 3 is 2.45 bits per heavy atom. The van der Waals surface area contributed by atoms with Gasteiger partial charge in [-0.3, -0.25) is 14.6 Å². The maximum Gasteiger partial charge on any atom is 0.251 e. The first-order chi connectivity index (χ1) is 10.7. The molecule has 1 aromatic heterocycles. The van der Waals surface area contributed by atoms with Gasteiger partial charge in [-0.2, -0.15) is 0 Å². The molecule has 2 rings (SSSR count). The fourth-order valence-corrected chi connectivity index (χ4v) is 2.03. The Morgan fingerprint density at radius 1 is 1.09 bits per heavy atom. The van der Waals surface area contributed by atoms with E-state index in [0.717, 1.165) is 5.56 Å². The van der Waals surface area contributed by atoms with Gasteiger partial charge in [-0.25, -0.2) is 0 Å². The van der Waals surface area contributed by atoms with Crippen molar-refractivity contribution in [2.24, 2.45) is 0 Å². The second kappa shape index (κ2) is 7.93. The van der Waals surface area contributed by atoms with Crippen LogP contribution in [0.1, 0.15) is 35.3 Å². The molecule has 1 heterocycles. The first-order valence-electron chi connectivity index (χ1n) is 7.19. The summed E-state index contributed by atoms with van der Waals surface area (Å²) in [4.78, 5) is 27.6. The highest BCUT2D eigenvalue weighted by Gasteiger charge is 2.10. The first-order valence-corrected chi connectivity index (χ1v) is 7.19. The summed E-state index contributed by atoms with van der Waals surface area (Å²) in [5.74, 6) is -0.270. The molecule has 0 unspecified atom stereocenters. The monoisotopic (exact) mass is 297 g/mol. The van der Waals surface area contributed by atoms with Crippen molar-refractivity contribution in [3.05, 3.63) is 66.0 Å². The number of carbonyl (C=O) groups excluding carboxylic acids is 2. The highest BCUT2D eigenvalue weighted by Crippen LogP contribution is 2.09. The zero-order chi connectivity index (χ0) is 15.8. The van der Waals surface area contributed by atoms with Crippen LogP contribution in [0.4, 0.5) is 0 Å². The highest BCUT2D eigenvalue weighted by atomic mass is 16.2. The molecule has 5 nitrogen and oxygen atoms in total. The molecule has 22 heavy (non-hydrogen) atoms. The summed E-state index contributed by atoms with van der Waals surface area (Å²) in [5, 5.41) is 5.62. The first kappa shape index (κ1) is 15.7. The van der Waals surface area contributed by atoms with E-state index in [1.54, 1.807) is 36.7 Å². The van der Waals surface area contributed by atoms with E-state index in [-0.39, 0.29) is 24.3 Å². The highest BCUT2D eigenvalue weighted by molar-refractivity contribution is 5.94. The van der Waals surface area contributed by atoms with Crippen LogP contribution in [0.2, 0.25) is 0 Å². The van der Waals surface area contributed by atoms with E-state index in [4.69, 9.17) is 0 Å². The van der Waals surface area contributed by atoms with Crippen molar-refractivity contribution in [3.63, 3.8) is 0 Å². The third kappa shape index (κ3) is 4.70. The van der Waals surface area contributed by atoms with Gasteiger partial charge in [0.15, 0.2) is 0 Å². The summed E-state index contributed by atoms with van der Waals surface area (Å²) in [7, 11) is 0. The maximum absolute atomic E-state index is 11.9. The van der Waals surface area contributed by atoms with Gasteiger partial charge in [0.25, 0.3) is 5.91 Å². The average molecular weight is 297 g/mol. The molecule has 0 bridgehead atoms. The Morgan fingerprint density at radius 2 is 1.77 bits per heavy atom. The van der Waals surface area contributed by atoms with E-state index in [2.05, 4.69) is 15.6 Å². The molecule has 0 aliphatic carbocycles. The van der Waals surface area contributed by atoms with Crippen LogP contribution >= 0.6 is 0 Å². The molecule has 1 atom stereocenters. The number of hydrogen-bond donors (Lipinski definition) is 2. The van der Waals surface area contributed by atoms with Gasteiger partial charge < -0.3 is 10.6 Å². The molecule has 2 N–H and O–H groups in total. The quantitative estimate of drug-likeness (QED) is 0.857. The zero-order valence-electron chi connectivity index (χ0n) is 12.5. The Labute approximate surface area is 129 Å². The topological polar surface area (TPSA) is 71.1 Å². The molecule has 2 amide bonds. The predicted octanol–water partition coefficient (Wildman–Crippen LogP) is 2.08. The number of carbonyl (C=O) groups is 2. The SMILES string of the molecule is C[C@H](NC(=O)CCNC(=O)c1ccccc1)c1ccncc1. The van der Waals surface area contributed by atoms with Crippen LogP contribution in [-0.2, 0) is 4.79 Å². The molecular weight excluding hydrogens is 278 g/mol. The van der Waals surface area contributed by atoms with Crippen LogP contribution in [0.15, 0.2) is 54.9 Å². The molecule has 0 aliphatic heterocycles. The summed E-state index contributed by atoms with van der Waals surface area (Å²) in [6, 6.07) is 12.6. The van der Waals surface area contributed by atoms with Gasteiger partial charge in [0.1, 0.15) is 0 Å². The Hall–Kier alpha value is -2.69. The van der Waals surface area contributed by atoms with E-state index < -0.39 is 0 Å². The Bertz CT molecular complexity index is 614. The fraction of sp³-hybridized carbons (Fsp3) is 0.235. The van der Waals surface area contributed by atoms with Crippen LogP contribution in [0.5, 0.6) is 0 Å². The van der Waals surface area contributed by atoms with Crippen LogP contribution in [0.25, 0.3) is 0 Å². The molecule has 0 saturated carbocycles.